The third-order valence-electron chi connectivity index (χ3n) is 5.38. The lowest BCUT2D eigenvalue weighted by Gasteiger charge is -2.11. The van der Waals surface area contributed by atoms with Gasteiger partial charge in [-0.05, 0) is 61.7 Å². The second-order valence-electron chi connectivity index (χ2n) is 7.46. The standard InChI is InChI=1S/C22H24N4O3.ClH/c27-20(17-5-3-4-15(13-17)12-16-8-9-23-14-16)24-10-11-26-22(29)19-7-2-1-6-18(19)21(28)25-26;/h1-7,13,16,23H,8-12,14H2,(H,24,27)(H,25,28);1H. The van der Waals surface area contributed by atoms with Gasteiger partial charge < -0.3 is 10.6 Å². The van der Waals surface area contributed by atoms with Crippen molar-refractivity contribution in [3.05, 3.63) is 80.4 Å². The molecule has 2 heterocycles. The summed E-state index contributed by atoms with van der Waals surface area (Å²) in [5, 5.41) is 9.50. The molecule has 0 bridgehead atoms. The summed E-state index contributed by atoms with van der Waals surface area (Å²) in [5.41, 5.74) is 1.16. The lowest BCUT2D eigenvalue weighted by atomic mass is 9.97. The monoisotopic (exact) mass is 428 g/mol. The number of hydrogen-bond donors (Lipinski definition) is 3. The van der Waals surface area contributed by atoms with E-state index in [9.17, 15) is 14.4 Å². The Labute approximate surface area is 179 Å². The van der Waals surface area contributed by atoms with Crippen LogP contribution in [-0.2, 0) is 13.0 Å². The number of aromatic amines is 1. The van der Waals surface area contributed by atoms with Crippen LogP contribution in [0.15, 0.2) is 58.1 Å². The number of carbonyl (C=O) groups is 1. The van der Waals surface area contributed by atoms with Crippen LogP contribution in [0.2, 0.25) is 0 Å². The van der Waals surface area contributed by atoms with E-state index in [1.165, 1.54) is 4.68 Å². The molecule has 1 aliphatic heterocycles. The van der Waals surface area contributed by atoms with E-state index in [0.29, 0.717) is 22.3 Å². The highest BCUT2D eigenvalue weighted by Crippen LogP contribution is 2.16. The van der Waals surface area contributed by atoms with Crippen LogP contribution in [0.4, 0.5) is 0 Å². The van der Waals surface area contributed by atoms with E-state index in [1.54, 1.807) is 30.3 Å². The minimum atomic E-state index is -0.319. The maximum atomic E-state index is 12.5. The summed E-state index contributed by atoms with van der Waals surface area (Å²) in [6.45, 7) is 2.51. The van der Waals surface area contributed by atoms with Crippen LogP contribution in [0.25, 0.3) is 10.8 Å². The van der Waals surface area contributed by atoms with Crippen LogP contribution < -0.4 is 21.8 Å². The van der Waals surface area contributed by atoms with Crippen molar-refractivity contribution in [2.75, 3.05) is 19.6 Å². The second-order valence-corrected chi connectivity index (χ2v) is 7.46. The van der Waals surface area contributed by atoms with E-state index >= 15 is 0 Å². The molecule has 0 radical (unpaired) electrons. The molecule has 1 aliphatic rings. The first kappa shape index (κ1) is 21.8. The Kier molecular flexibility index (Phi) is 7.07. The average Bonchev–Trinajstić information content (AvgIpc) is 3.25. The number of nitrogens with one attached hydrogen (secondary N) is 3. The van der Waals surface area contributed by atoms with Gasteiger partial charge in [-0.3, -0.25) is 19.5 Å². The predicted octanol–water partition coefficient (Wildman–Crippen LogP) is 1.69. The fraction of sp³-hybridized carbons (Fsp3) is 0.318. The van der Waals surface area contributed by atoms with E-state index in [0.717, 1.165) is 31.5 Å². The zero-order chi connectivity index (χ0) is 20.2. The Morgan fingerprint density at radius 1 is 1.10 bits per heavy atom. The highest BCUT2D eigenvalue weighted by atomic mass is 35.5. The Morgan fingerprint density at radius 2 is 1.90 bits per heavy atom. The quantitative estimate of drug-likeness (QED) is 0.556. The van der Waals surface area contributed by atoms with Gasteiger partial charge in [0.05, 0.1) is 17.3 Å². The molecule has 2 aromatic carbocycles. The van der Waals surface area contributed by atoms with Crippen LogP contribution >= 0.6 is 12.4 Å². The Morgan fingerprint density at radius 3 is 2.67 bits per heavy atom. The molecule has 1 saturated heterocycles. The highest BCUT2D eigenvalue weighted by molar-refractivity contribution is 5.94. The Balaban J connectivity index is 0.00000256. The van der Waals surface area contributed by atoms with E-state index < -0.39 is 0 Å². The van der Waals surface area contributed by atoms with Gasteiger partial charge in [0.25, 0.3) is 17.0 Å². The van der Waals surface area contributed by atoms with Crippen molar-refractivity contribution in [3.8, 4) is 0 Å². The molecule has 3 N–H and O–H groups in total. The first-order valence-corrected chi connectivity index (χ1v) is 9.91. The summed E-state index contributed by atoms with van der Waals surface area (Å²) in [7, 11) is 0. The summed E-state index contributed by atoms with van der Waals surface area (Å²) in [6, 6.07) is 14.4. The molecule has 0 spiro atoms. The van der Waals surface area contributed by atoms with Crippen molar-refractivity contribution in [2.45, 2.75) is 19.4 Å². The molecular weight excluding hydrogens is 404 g/mol. The minimum absolute atomic E-state index is 0. The zero-order valence-electron chi connectivity index (χ0n) is 16.5. The van der Waals surface area contributed by atoms with Gasteiger partial charge in [0.15, 0.2) is 0 Å². The van der Waals surface area contributed by atoms with Crippen LogP contribution in [-0.4, -0.2) is 35.3 Å². The third-order valence-corrected chi connectivity index (χ3v) is 5.38. The van der Waals surface area contributed by atoms with Crippen molar-refractivity contribution in [1.82, 2.24) is 20.4 Å². The van der Waals surface area contributed by atoms with Crippen molar-refractivity contribution >= 4 is 29.1 Å². The molecule has 1 amide bonds. The predicted molar refractivity (Wildman–Crippen MR) is 120 cm³/mol. The molecule has 7 nitrogen and oxygen atoms in total. The third kappa shape index (κ3) is 4.80. The van der Waals surface area contributed by atoms with Gasteiger partial charge >= 0.3 is 0 Å². The number of halogens is 1. The molecule has 3 aromatic rings. The number of amides is 1. The first-order chi connectivity index (χ1) is 14.1. The number of fused-ring (bicyclic) bond motifs is 1. The van der Waals surface area contributed by atoms with Crippen LogP contribution in [0.3, 0.4) is 0 Å². The summed E-state index contributed by atoms with van der Waals surface area (Å²) in [5.74, 6) is 0.428. The summed E-state index contributed by atoms with van der Waals surface area (Å²) >= 11 is 0. The topological polar surface area (TPSA) is 96.0 Å². The summed E-state index contributed by atoms with van der Waals surface area (Å²) in [4.78, 5) is 37.2. The van der Waals surface area contributed by atoms with E-state index in [1.807, 2.05) is 12.1 Å². The van der Waals surface area contributed by atoms with Crippen LogP contribution in [0.5, 0.6) is 0 Å². The molecule has 1 atom stereocenters. The number of H-pyrrole nitrogens is 1. The van der Waals surface area contributed by atoms with Gasteiger partial charge in [-0.1, -0.05) is 24.3 Å². The van der Waals surface area contributed by atoms with Gasteiger partial charge in [0.2, 0.25) is 0 Å². The van der Waals surface area contributed by atoms with Crippen LogP contribution in [0.1, 0.15) is 22.3 Å². The molecule has 0 aliphatic carbocycles. The molecule has 1 unspecified atom stereocenters. The summed E-state index contributed by atoms with van der Waals surface area (Å²) < 4.78 is 1.24. The average molecular weight is 429 g/mol. The van der Waals surface area contributed by atoms with Crippen LogP contribution in [0, 0.1) is 5.92 Å². The first-order valence-electron chi connectivity index (χ1n) is 9.91. The maximum absolute atomic E-state index is 12.5. The van der Waals surface area contributed by atoms with Crippen molar-refractivity contribution in [3.63, 3.8) is 0 Å². The van der Waals surface area contributed by atoms with E-state index in [4.69, 9.17) is 0 Å². The molecule has 0 saturated carbocycles. The smallest absolute Gasteiger partial charge is 0.273 e. The second kappa shape index (κ2) is 9.73. The molecular formula is C22H25ClN4O3. The Hall–Kier alpha value is -2.90. The molecule has 8 heteroatoms. The molecule has 158 valence electrons. The minimum Gasteiger partial charge on any atom is -0.350 e. The molecule has 4 rings (SSSR count). The van der Waals surface area contributed by atoms with Gasteiger partial charge in [0, 0.05) is 12.1 Å². The normalized spacial score (nSPS) is 15.7. The SMILES string of the molecule is Cl.O=C(NCCn1[nH]c(=O)c2ccccc2c1=O)c1cccc(CC2CCNC2)c1. The maximum Gasteiger partial charge on any atom is 0.273 e. The lowest BCUT2D eigenvalue weighted by Crippen LogP contribution is -2.35. The van der Waals surface area contributed by atoms with Crippen molar-refractivity contribution in [1.29, 1.82) is 0 Å². The van der Waals surface area contributed by atoms with E-state index in [-0.39, 0.29) is 42.5 Å². The largest absolute Gasteiger partial charge is 0.350 e. The fourth-order valence-corrected chi connectivity index (χ4v) is 3.85. The molecule has 30 heavy (non-hydrogen) atoms. The van der Waals surface area contributed by atoms with Gasteiger partial charge in [-0.15, -0.1) is 12.4 Å². The number of aromatic nitrogens is 2. The zero-order valence-corrected chi connectivity index (χ0v) is 17.3. The van der Waals surface area contributed by atoms with E-state index in [2.05, 4.69) is 21.8 Å². The van der Waals surface area contributed by atoms with Gasteiger partial charge in [-0.25, -0.2) is 4.68 Å². The highest BCUT2D eigenvalue weighted by Gasteiger charge is 2.15. The molecule has 1 aromatic heterocycles. The number of nitrogens with zero attached hydrogens (tertiary/aromatic N) is 1. The number of rotatable bonds is 6. The number of carbonyl (C=O) groups excluding carboxylic acids is 1. The Bertz CT molecular complexity index is 1150. The molecule has 1 fully saturated rings. The number of hydrogen-bond acceptors (Lipinski definition) is 4. The number of benzene rings is 2. The summed E-state index contributed by atoms with van der Waals surface area (Å²) in [6.07, 6.45) is 2.12. The lowest BCUT2D eigenvalue weighted by molar-refractivity contribution is 0.0951. The van der Waals surface area contributed by atoms with Gasteiger partial charge in [0.1, 0.15) is 0 Å². The van der Waals surface area contributed by atoms with Gasteiger partial charge in [-0.2, -0.15) is 0 Å². The van der Waals surface area contributed by atoms with Crippen molar-refractivity contribution < 1.29 is 4.79 Å². The fourth-order valence-electron chi connectivity index (χ4n) is 3.85. The van der Waals surface area contributed by atoms with Crippen molar-refractivity contribution in [2.24, 2.45) is 5.92 Å².